The number of rotatable bonds is 7. The molecule has 1 saturated carbocycles. The molecule has 1 aromatic carbocycles. The molecule has 5 rings (SSSR count). The number of morpholine rings is 1. The van der Waals surface area contributed by atoms with Crippen molar-refractivity contribution in [1.29, 1.82) is 0 Å². The van der Waals surface area contributed by atoms with E-state index in [2.05, 4.69) is 15.3 Å². The summed E-state index contributed by atoms with van der Waals surface area (Å²) in [5.41, 5.74) is -0.347. The van der Waals surface area contributed by atoms with Crippen molar-refractivity contribution >= 4 is 27.4 Å². The molecule has 37 heavy (non-hydrogen) atoms. The second-order valence-corrected chi connectivity index (χ2v) is 11.9. The summed E-state index contributed by atoms with van der Waals surface area (Å²) in [5.74, 6) is -0.281. The van der Waals surface area contributed by atoms with E-state index < -0.39 is 15.7 Å². The smallest absolute Gasteiger partial charge is 0.410 e. The van der Waals surface area contributed by atoms with Gasteiger partial charge in [-0.05, 0) is 38.0 Å². The quantitative estimate of drug-likeness (QED) is 0.564. The normalized spacial score (nSPS) is 24.2. The average Bonchev–Trinajstić information content (AvgIpc) is 3.55. The third kappa shape index (κ3) is 5.42. The van der Waals surface area contributed by atoms with Crippen molar-refractivity contribution in [3.8, 4) is 11.6 Å². The summed E-state index contributed by atoms with van der Waals surface area (Å²) >= 11 is 0. The highest BCUT2D eigenvalue weighted by molar-refractivity contribution is 7.90. The minimum absolute atomic E-state index is 0.0122. The van der Waals surface area contributed by atoms with Gasteiger partial charge in [-0.15, -0.1) is 0 Å². The summed E-state index contributed by atoms with van der Waals surface area (Å²) < 4.78 is 61.1. The number of ether oxygens (including phenoxy) is 4. The van der Waals surface area contributed by atoms with Crippen LogP contribution in [-0.4, -0.2) is 79.7 Å². The molecule has 0 spiro atoms. The lowest BCUT2D eigenvalue weighted by atomic mass is 9.92. The highest BCUT2D eigenvalue weighted by Gasteiger charge is 2.48. The molecule has 3 fully saturated rings. The molecular formula is C24H29FN4O7S. The first-order valence-electron chi connectivity index (χ1n) is 12.0. The van der Waals surface area contributed by atoms with Gasteiger partial charge in [0.2, 0.25) is 5.75 Å². The zero-order valence-corrected chi connectivity index (χ0v) is 21.6. The maximum atomic E-state index is 14.6. The second-order valence-electron chi connectivity index (χ2n) is 9.88. The first kappa shape index (κ1) is 25.5. The number of hydrogen-bond donors (Lipinski definition) is 1. The fourth-order valence-electron chi connectivity index (χ4n) is 4.63. The lowest BCUT2D eigenvalue weighted by molar-refractivity contribution is -0.0957. The van der Waals surface area contributed by atoms with Gasteiger partial charge in [-0.1, -0.05) is 0 Å². The Morgan fingerprint density at radius 3 is 2.51 bits per heavy atom. The lowest BCUT2D eigenvalue weighted by Crippen LogP contribution is -2.61. The van der Waals surface area contributed by atoms with Crippen LogP contribution in [0.4, 0.5) is 20.7 Å². The minimum atomic E-state index is -3.55. The molecule has 1 aromatic heterocycles. The number of anilines is 2. The van der Waals surface area contributed by atoms with Crippen LogP contribution in [0, 0.1) is 5.82 Å². The monoisotopic (exact) mass is 536 g/mol. The molecule has 2 aromatic rings. The highest BCUT2D eigenvalue weighted by Crippen LogP contribution is 2.41. The van der Waals surface area contributed by atoms with E-state index in [0.717, 1.165) is 25.2 Å². The summed E-state index contributed by atoms with van der Waals surface area (Å²) in [4.78, 5) is 22.8. The van der Waals surface area contributed by atoms with Gasteiger partial charge in [0.15, 0.2) is 15.7 Å². The van der Waals surface area contributed by atoms with Crippen molar-refractivity contribution in [3.63, 3.8) is 0 Å². The van der Waals surface area contributed by atoms with E-state index in [1.807, 2.05) is 6.92 Å². The van der Waals surface area contributed by atoms with Crippen LogP contribution in [0.5, 0.6) is 11.6 Å². The zero-order chi connectivity index (χ0) is 26.4. The maximum absolute atomic E-state index is 14.6. The van der Waals surface area contributed by atoms with E-state index in [0.29, 0.717) is 26.1 Å². The number of amides is 1. The largest absolute Gasteiger partial charge is 0.489 e. The first-order valence-corrected chi connectivity index (χ1v) is 13.9. The van der Waals surface area contributed by atoms with E-state index >= 15 is 0 Å². The van der Waals surface area contributed by atoms with Crippen LogP contribution in [0.15, 0.2) is 29.4 Å². The molecule has 1 aliphatic carbocycles. The molecule has 2 aliphatic heterocycles. The predicted octanol–water partition coefficient (Wildman–Crippen LogP) is 3.07. The number of aromatic nitrogens is 2. The number of halogens is 1. The van der Waals surface area contributed by atoms with Crippen LogP contribution in [0.25, 0.3) is 0 Å². The fraction of sp³-hybridized carbons (Fsp3) is 0.542. The molecule has 1 N–H and O–H groups in total. The van der Waals surface area contributed by atoms with Gasteiger partial charge in [0, 0.05) is 19.1 Å². The summed E-state index contributed by atoms with van der Waals surface area (Å²) in [5, 5.41) is 2.82. The van der Waals surface area contributed by atoms with Gasteiger partial charge in [-0.2, -0.15) is 4.98 Å². The summed E-state index contributed by atoms with van der Waals surface area (Å²) in [7, 11) is -2.14. The van der Waals surface area contributed by atoms with E-state index in [1.54, 1.807) is 4.90 Å². The number of carbonyl (C=O) groups excluding carboxylic acids is 1. The molecule has 3 heterocycles. The third-order valence-corrected chi connectivity index (χ3v) is 7.96. The Morgan fingerprint density at radius 2 is 1.92 bits per heavy atom. The standard InChI is InChI=1S/C24H29FN4O7S/c1-24(6-7-24)36-23(30)29-14-8-16(9-15(29)12-34-11-14)35-22-20(33-2)21(26-13-27-22)28-19-5-4-17(10-18(19)25)37(3,31)32/h4-5,10,13-16H,6-9,11-12H2,1-3H3,(H,26,27,28). The van der Waals surface area contributed by atoms with Gasteiger partial charge in [0.1, 0.15) is 23.8 Å². The molecule has 2 bridgehead atoms. The Labute approximate surface area is 214 Å². The van der Waals surface area contributed by atoms with Crippen molar-refractivity contribution in [3.05, 3.63) is 30.3 Å². The Balaban J connectivity index is 1.31. The molecule has 11 nitrogen and oxygen atoms in total. The van der Waals surface area contributed by atoms with Gasteiger partial charge >= 0.3 is 6.09 Å². The average molecular weight is 537 g/mol. The minimum Gasteiger partial charge on any atom is -0.489 e. The van der Waals surface area contributed by atoms with Crippen LogP contribution in [0.3, 0.4) is 0 Å². The Hall–Kier alpha value is -3.19. The molecule has 1 amide bonds. The molecule has 2 unspecified atom stereocenters. The molecular weight excluding hydrogens is 507 g/mol. The number of piperidine rings is 1. The van der Waals surface area contributed by atoms with E-state index in [1.165, 1.54) is 25.6 Å². The molecule has 3 aliphatic rings. The van der Waals surface area contributed by atoms with E-state index in [9.17, 15) is 17.6 Å². The van der Waals surface area contributed by atoms with Crippen LogP contribution in [0.1, 0.15) is 32.6 Å². The fourth-order valence-corrected chi connectivity index (χ4v) is 5.26. The molecule has 2 atom stereocenters. The molecule has 0 radical (unpaired) electrons. The number of benzene rings is 1. The van der Waals surface area contributed by atoms with Crippen molar-refractivity contribution < 1.29 is 36.6 Å². The lowest BCUT2D eigenvalue weighted by Gasteiger charge is -2.47. The SMILES string of the molecule is COc1c(Nc2ccc(S(C)(=O)=O)cc2F)ncnc1OC1CC2COCC(C1)N2C(=O)OC1(C)CC1. The van der Waals surface area contributed by atoms with Crippen LogP contribution in [-0.2, 0) is 19.3 Å². The van der Waals surface area contributed by atoms with Gasteiger partial charge < -0.3 is 24.3 Å². The van der Waals surface area contributed by atoms with Crippen molar-refractivity contribution in [2.24, 2.45) is 0 Å². The summed E-state index contributed by atoms with van der Waals surface area (Å²) in [6, 6.07) is 3.16. The number of nitrogens with one attached hydrogen (secondary N) is 1. The van der Waals surface area contributed by atoms with Gasteiger partial charge in [0.05, 0.1) is 43.0 Å². The Kier molecular flexibility index (Phi) is 6.61. The first-order chi connectivity index (χ1) is 17.6. The summed E-state index contributed by atoms with van der Waals surface area (Å²) in [6.07, 6.45) is 4.45. The van der Waals surface area contributed by atoms with Crippen molar-refractivity contribution in [2.45, 2.75) is 61.3 Å². The number of hydrogen-bond acceptors (Lipinski definition) is 10. The number of methoxy groups -OCH3 is 1. The topological polar surface area (TPSA) is 129 Å². The summed E-state index contributed by atoms with van der Waals surface area (Å²) in [6.45, 7) is 2.71. The zero-order valence-electron chi connectivity index (χ0n) is 20.8. The number of sulfone groups is 1. The number of fused-ring (bicyclic) bond motifs is 2. The predicted molar refractivity (Wildman–Crippen MR) is 129 cm³/mol. The van der Waals surface area contributed by atoms with Gasteiger partial charge in [-0.25, -0.2) is 22.6 Å². The van der Waals surface area contributed by atoms with Gasteiger partial charge in [0.25, 0.3) is 5.88 Å². The number of nitrogens with zero attached hydrogens (tertiary/aromatic N) is 3. The Morgan fingerprint density at radius 1 is 1.22 bits per heavy atom. The van der Waals surface area contributed by atoms with Crippen molar-refractivity contribution in [1.82, 2.24) is 14.9 Å². The molecule has 200 valence electrons. The maximum Gasteiger partial charge on any atom is 0.410 e. The van der Waals surface area contributed by atoms with Crippen molar-refractivity contribution in [2.75, 3.05) is 31.9 Å². The van der Waals surface area contributed by atoms with Crippen LogP contribution in [0.2, 0.25) is 0 Å². The molecule has 2 saturated heterocycles. The van der Waals surface area contributed by atoms with E-state index in [4.69, 9.17) is 18.9 Å². The Bertz CT molecular complexity index is 1290. The second kappa shape index (κ2) is 9.60. The van der Waals surface area contributed by atoms with E-state index in [-0.39, 0.29) is 57.9 Å². The molecule has 13 heteroatoms. The van der Waals surface area contributed by atoms with Crippen LogP contribution >= 0.6 is 0 Å². The third-order valence-electron chi connectivity index (χ3n) is 6.85. The van der Waals surface area contributed by atoms with Crippen LogP contribution < -0.4 is 14.8 Å². The number of carbonyl (C=O) groups is 1. The highest BCUT2D eigenvalue weighted by atomic mass is 32.2. The van der Waals surface area contributed by atoms with Gasteiger partial charge in [-0.3, -0.25) is 4.90 Å².